The number of ketones is 1. The van der Waals surface area contributed by atoms with Crippen molar-refractivity contribution in [3.63, 3.8) is 0 Å². The standard InChI is InChI=1S/C22H22OS/c1-15(2)21(3)14-19-18-12-8-7-11-17(18)13-22(21,24-19)20(23)16-9-5-4-6-10-16/h4-12,19H,1,13-14H2,2-3H3. The SMILES string of the molecule is C=C(C)C1(C)CC2SC1(C(=O)c1ccccc1)Cc1ccccc12. The van der Waals surface area contributed by atoms with Gasteiger partial charge in [0, 0.05) is 16.2 Å². The van der Waals surface area contributed by atoms with Gasteiger partial charge in [0.25, 0.3) is 0 Å². The summed E-state index contributed by atoms with van der Waals surface area (Å²) in [6.07, 6.45) is 1.78. The van der Waals surface area contributed by atoms with E-state index in [1.807, 2.05) is 42.1 Å². The molecule has 2 heteroatoms. The van der Waals surface area contributed by atoms with Gasteiger partial charge in [-0.2, -0.15) is 0 Å². The van der Waals surface area contributed by atoms with Gasteiger partial charge in [-0.1, -0.05) is 73.7 Å². The fraction of sp³-hybridized carbons (Fsp3) is 0.318. The van der Waals surface area contributed by atoms with Crippen LogP contribution in [0.15, 0.2) is 66.7 Å². The molecular formula is C22H22OS. The highest BCUT2D eigenvalue weighted by Gasteiger charge is 2.63. The van der Waals surface area contributed by atoms with E-state index in [0.29, 0.717) is 5.25 Å². The summed E-state index contributed by atoms with van der Waals surface area (Å²) < 4.78 is -0.445. The molecule has 0 N–H and O–H groups in total. The molecule has 0 spiro atoms. The zero-order valence-electron chi connectivity index (χ0n) is 14.2. The van der Waals surface area contributed by atoms with E-state index in [0.717, 1.165) is 24.0 Å². The van der Waals surface area contributed by atoms with Gasteiger partial charge in [0.05, 0.1) is 4.75 Å². The van der Waals surface area contributed by atoms with Crippen LogP contribution in [0.3, 0.4) is 0 Å². The Kier molecular flexibility index (Phi) is 3.50. The molecule has 0 aliphatic carbocycles. The zero-order valence-corrected chi connectivity index (χ0v) is 15.0. The number of benzene rings is 2. The van der Waals surface area contributed by atoms with Gasteiger partial charge in [0.15, 0.2) is 5.78 Å². The highest BCUT2D eigenvalue weighted by molar-refractivity contribution is 8.02. The molecule has 3 atom stereocenters. The summed E-state index contributed by atoms with van der Waals surface area (Å²) in [4.78, 5) is 13.6. The minimum atomic E-state index is -0.445. The van der Waals surface area contributed by atoms with Crippen LogP contribution in [0.5, 0.6) is 0 Å². The lowest BCUT2D eigenvalue weighted by Gasteiger charge is -2.43. The Balaban J connectivity index is 1.90. The molecule has 1 fully saturated rings. The quantitative estimate of drug-likeness (QED) is 0.535. The van der Waals surface area contributed by atoms with Crippen LogP contribution in [0, 0.1) is 5.41 Å². The number of carbonyl (C=O) groups is 1. The van der Waals surface area contributed by atoms with Crippen LogP contribution in [0.4, 0.5) is 0 Å². The Morgan fingerprint density at radius 2 is 1.79 bits per heavy atom. The first kappa shape index (κ1) is 15.7. The number of allylic oxidation sites excluding steroid dienone is 1. The summed E-state index contributed by atoms with van der Waals surface area (Å²) in [5.74, 6) is 0.260. The second-order valence-electron chi connectivity index (χ2n) is 7.32. The normalized spacial score (nSPS) is 30.7. The van der Waals surface area contributed by atoms with Crippen LogP contribution in [0.25, 0.3) is 0 Å². The minimum Gasteiger partial charge on any atom is -0.293 e. The smallest absolute Gasteiger partial charge is 0.180 e. The van der Waals surface area contributed by atoms with Gasteiger partial charge < -0.3 is 0 Å². The molecule has 4 rings (SSSR count). The zero-order chi connectivity index (χ0) is 16.9. The summed E-state index contributed by atoms with van der Waals surface area (Å²) in [5.41, 5.74) is 4.49. The molecule has 24 heavy (non-hydrogen) atoms. The van der Waals surface area contributed by atoms with Crippen molar-refractivity contribution >= 4 is 17.5 Å². The highest BCUT2D eigenvalue weighted by atomic mass is 32.2. The van der Waals surface area contributed by atoms with E-state index in [2.05, 4.69) is 44.7 Å². The van der Waals surface area contributed by atoms with Gasteiger partial charge in [0.2, 0.25) is 0 Å². The molecule has 1 nitrogen and oxygen atoms in total. The molecule has 0 aromatic heterocycles. The lowest BCUT2D eigenvalue weighted by Crippen LogP contribution is -2.49. The van der Waals surface area contributed by atoms with E-state index in [4.69, 9.17) is 0 Å². The minimum absolute atomic E-state index is 0.186. The maximum atomic E-state index is 13.6. The lowest BCUT2D eigenvalue weighted by atomic mass is 9.66. The van der Waals surface area contributed by atoms with Crippen molar-refractivity contribution in [3.8, 4) is 0 Å². The Bertz CT molecular complexity index is 825. The molecule has 1 saturated heterocycles. The second-order valence-corrected chi connectivity index (χ2v) is 8.82. The second kappa shape index (κ2) is 5.35. The number of rotatable bonds is 3. The Morgan fingerprint density at radius 3 is 2.50 bits per heavy atom. The number of thioether (sulfide) groups is 1. The van der Waals surface area contributed by atoms with Gasteiger partial charge in [0.1, 0.15) is 0 Å². The summed E-state index contributed by atoms with van der Waals surface area (Å²) in [5, 5.41) is 0.379. The maximum absolute atomic E-state index is 13.6. The van der Waals surface area contributed by atoms with Gasteiger partial charge in [-0.3, -0.25) is 4.79 Å². The third-order valence-corrected chi connectivity index (χ3v) is 7.90. The van der Waals surface area contributed by atoms with Crippen molar-refractivity contribution in [3.05, 3.63) is 83.4 Å². The largest absolute Gasteiger partial charge is 0.293 e. The maximum Gasteiger partial charge on any atom is 0.180 e. The molecular weight excluding hydrogens is 312 g/mol. The predicted octanol–water partition coefficient (Wildman–Crippen LogP) is 5.62. The summed E-state index contributed by atoms with van der Waals surface area (Å²) in [6.45, 7) is 8.62. The third kappa shape index (κ3) is 1.99. The van der Waals surface area contributed by atoms with Gasteiger partial charge in [-0.05, 0) is 30.9 Å². The van der Waals surface area contributed by atoms with Crippen LogP contribution in [0.1, 0.15) is 47.0 Å². The fourth-order valence-corrected chi connectivity index (χ4v) is 6.60. The summed E-state index contributed by atoms with van der Waals surface area (Å²) in [6, 6.07) is 18.4. The fourth-order valence-electron chi connectivity index (χ4n) is 4.36. The number of hydrogen-bond acceptors (Lipinski definition) is 2. The van der Waals surface area contributed by atoms with E-state index in [-0.39, 0.29) is 11.2 Å². The van der Waals surface area contributed by atoms with Crippen LogP contribution in [0.2, 0.25) is 0 Å². The van der Waals surface area contributed by atoms with Crippen molar-refractivity contribution in [2.24, 2.45) is 5.41 Å². The first-order valence-electron chi connectivity index (χ1n) is 8.49. The molecule has 2 aliphatic heterocycles. The predicted molar refractivity (Wildman–Crippen MR) is 102 cm³/mol. The van der Waals surface area contributed by atoms with Crippen molar-refractivity contribution in [2.45, 2.75) is 36.7 Å². The lowest BCUT2D eigenvalue weighted by molar-refractivity contribution is 0.0872. The number of fused-ring (bicyclic) bond motifs is 4. The summed E-state index contributed by atoms with van der Waals surface area (Å²) >= 11 is 1.87. The van der Waals surface area contributed by atoms with Crippen molar-refractivity contribution in [2.75, 3.05) is 0 Å². The Labute approximate surface area is 148 Å². The number of carbonyl (C=O) groups excluding carboxylic acids is 1. The average Bonchev–Trinajstić information content (AvgIpc) is 2.85. The van der Waals surface area contributed by atoms with E-state index in [1.54, 1.807) is 0 Å². The monoisotopic (exact) mass is 334 g/mol. The summed E-state index contributed by atoms with van der Waals surface area (Å²) in [7, 11) is 0. The molecule has 2 aromatic carbocycles. The molecule has 0 saturated carbocycles. The van der Waals surface area contributed by atoms with Crippen molar-refractivity contribution < 1.29 is 4.79 Å². The molecule has 2 heterocycles. The van der Waals surface area contributed by atoms with E-state index in [9.17, 15) is 4.79 Å². The molecule has 3 unspecified atom stereocenters. The molecule has 122 valence electrons. The van der Waals surface area contributed by atoms with Crippen LogP contribution >= 0.6 is 11.8 Å². The van der Waals surface area contributed by atoms with Crippen LogP contribution in [-0.4, -0.2) is 10.5 Å². The molecule has 0 amide bonds. The number of hydrogen-bond donors (Lipinski definition) is 0. The molecule has 2 aromatic rings. The van der Waals surface area contributed by atoms with E-state index in [1.165, 1.54) is 11.1 Å². The topological polar surface area (TPSA) is 17.1 Å². The van der Waals surface area contributed by atoms with E-state index >= 15 is 0 Å². The first-order valence-corrected chi connectivity index (χ1v) is 9.37. The van der Waals surface area contributed by atoms with Gasteiger partial charge >= 0.3 is 0 Å². The number of Topliss-reactive ketones (excluding diaryl/α,β-unsaturated/α-hetero) is 1. The van der Waals surface area contributed by atoms with Gasteiger partial charge in [-0.25, -0.2) is 0 Å². The molecule has 2 aliphatic rings. The van der Waals surface area contributed by atoms with E-state index < -0.39 is 4.75 Å². The van der Waals surface area contributed by atoms with Crippen molar-refractivity contribution in [1.29, 1.82) is 0 Å². The molecule has 2 bridgehead atoms. The van der Waals surface area contributed by atoms with Crippen molar-refractivity contribution in [1.82, 2.24) is 0 Å². The first-order chi connectivity index (χ1) is 11.5. The highest BCUT2D eigenvalue weighted by Crippen LogP contribution is 2.68. The van der Waals surface area contributed by atoms with Crippen LogP contribution in [-0.2, 0) is 6.42 Å². The van der Waals surface area contributed by atoms with Crippen LogP contribution < -0.4 is 0 Å². The molecule has 0 radical (unpaired) electrons. The Morgan fingerprint density at radius 1 is 1.12 bits per heavy atom. The third-order valence-electron chi connectivity index (χ3n) is 6.01. The Hall–Kier alpha value is -1.80. The average molecular weight is 334 g/mol. The van der Waals surface area contributed by atoms with Gasteiger partial charge in [-0.15, -0.1) is 11.8 Å².